The Kier molecular flexibility index (Phi) is 6.31. The lowest BCUT2D eigenvalue weighted by Crippen LogP contribution is -2.42. The van der Waals surface area contributed by atoms with Crippen molar-refractivity contribution in [2.24, 2.45) is 0 Å². The fourth-order valence-corrected chi connectivity index (χ4v) is 2.03. The Bertz CT molecular complexity index is 674. The van der Waals surface area contributed by atoms with Crippen LogP contribution in [0.2, 0.25) is 0 Å². The molecule has 2 N–H and O–H groups in total. The van der Waals surface area contributed by atoms with Gasteiger partial charge >= 0.3 is 11.8 Å². The second-order valence-corrected chi connectivity index (χ2v) is 5.16. The van der Waals surface area contributed by atoms with Crippen LogP contribution in [0, 0.1) is 5.82 Å². The van der Waals surface area contributed by atoms with Crippen LogP contribution in [0.15, 0.2) is 54.6 Å². The number of carbonyl (C=O) groups excluding carboxylic acids is 2. The number of ether oxygens (including phenoxy) is 1. The Morgan fingerprint density at radius 2 is 1.71 bits per heavy atom. The number of halogens is 1. The highest BCUT2D eigenvalue weighted by Gasteiger charge is 2.16. The molecule has 5 nitrogen and oxygen atoms in total. The molecule has 2 amide bonds. The predicted octanol–water partition coefficient (Wildman–Crippen LogP) is 2.20. The van der Waals surface area contributed by atoms with Gasteiger partial charge in [0, 0.05) is 0 Å². The fraction of sp³-hybridized carbons (Fsp3) is 0.222. The average molecular weight is 330 g/mol. The lowest BCUT2D eigenvalue weighted by molar-refractivity contribution is -0.139. The first kappa shape index (κ1) is 17.5. The standard InChI is InChI=1S/C18H19FN2O3/c1-13(14-5-3-2-4-6-14)21-18(23)17(22)20-11-12-24-16-9-7-15(19)8-10-16/h2-10,13H,11-12H2,1H3,(H,20,22)(H,21,23)/t13-/m0/s1. The van der Waals surface area contributed by atoms with Gasteiger partial charge in [-0.1, -0.05) is 30.3 Å². The number of rotatable bonds is 6. The first-order valence-corrected chi connectivity index (χ1v) is 7.58. The van der Waals surface area contributed by atoms with Crippen LogP contribution in [0.5, 0.6) is 5.75 Å². The molecule has 0 heterocycles. The maximum Gasteiger partial charge on any atom is 0.309 e. The highest BCUT2D eigenvalue weighted by Crippen LogP contribution is 2.11. The van der Waals surface area contributed by atoms with E-state index in [-0.39, 0.29) is 25.0 Å². The number of hydrogen-bond donors (Lipinski definition) is 2. The molecule has 0 aliphatic carbocycles. The smallest absolute Gasteiger partial charge is 0.309 e. The Hall–Kier alpha value is -2.89. The van der Waals surface area contributed by atoms with Crippen molar-refractivity contribution in [2.75, 3.05) is 13.2 Å². The maximum atomic E-state index is 12.7. The van der Waals surface area contributed by atoms with Gasteiger partial charge in [-0.3, -0.25) is 9.59 Å². The Morgan fingerprint density at radius 3 is 2.38 bits per heavy atom. The van der Waals surface area contributed by atoms with Crippen molar-refractivity contribution in [3.63, 3.8) is 0 Å². The molecule has 0 aliphatic rings. The number of benzene rings is 2. The third kappa shape index (κ3) is 5.39. The van der Waals surface area contributed by atoms with Crippen LogP contribution < -0.4 is 15.4 Å². The molecule has 0 aromatic heterocycles. The van der Waals surface area contributed by atoms with Gasteiger partial charge in [0.2, 0.25) is 0 Å². The molecule has 0 saturated carbocycles. The van der Waals surface area contributed by atoms with E-state index in [1.54, 1.807) is 6.92 Å². The van der Waals surface area contributed by atoms with Crippen molar-refractivity contribution >= 4 is 11.8 Å². The molecule has 0 unspecified atom stereocenters. The van der Waals surface area contributed by atoms with Gasteiger partial charge in [0.15, 0.2) is 0 Å². The zero-order valence-corrected chi connectivity index (χ0v) is 13.3. The van der Waals surface area contributed by atoms with Crippen LogP contribution in [0.3, 0.4) is 0 Å². The van der Waals surface area contributed by atoms with Crippen LogP contribution in [0.1, 0.15) is 18.5 Å². The molecule has 0 fully saturated rings. The van der Waals surface area contributed by atoms with Gasteiger partial charge in [-0.25, -0.2) is 4.39 Å². The summed E-state index contributed by atoms with van der Waals surface area (Å²) in [5, 5.41) is 5.10. The summed E-state index contributed by atoms with van der Waals surface area (Å²) in [6.45, 7) is 2.15. The molecule has 2 aromatic carbocycles. The lowest BCUT2D eigenvalue weighted by atomic mass is 10.1. The van der Waals surface area contributed by atoms with Crippen LogP contribution in [0.4, 0.5) is 4.39 Å². The number of amides is 2. The van der Waals surface area contributed by atoms with E-state index >= 15 is 0 Å². The molecule has 0 bridgehead atoms. The summed E-state index contributed by atoms with van der Waals surface area (Å²) in [5.74, 6) is -1.28. The third-order valence-corrected chi connectivity index (χ3v) is 3.32. The van der Waals surface area contributed by atoms with Crippen molar-refractivity contribution in [3.8, 4) is 5.75 Å². The van der Waals surface area contributed by atoms with E-state index in [1.165, 1.54) is 24.3 Å². The SMILES string of the molecule is C[C@H](NC(=O)C(=O)NCCOc1ccc(F)cc1)c1ccccc1. The molecule has 2 aromatic rings. The van der Waals surface area contributed by atoms with Crippen LogP contribution in [0.25, 0.3) is 0 Å². The van der Waals surface area contributed by atoms with Gasteiger partial charge in [0.25, 0.3) is 0 Å². The summed E-state index contributed by atoms with van der Waals surface area (Å²) in [7, 11) is 0. The van der Waals surface area contributed by atoms with Crippen molar-refractivity contribution in [1.82, 2.24) is 10.6 Å². The molecule has 6 heteroatoms. The summed E-state index contributed by atoms with van der Waals surface area (Å²) in [4.78, 5) is 23.6. The molecular formula is C18H19FN2O3. The Balaban J connectivity index is 1.70. The number of nitrogens with one attached hydrogen (secondary N) is 2. The molecular weight excluding hydrogens is 311 g/mol. The molecule has 1 atom stereocenters. The Labute approximate surface area is 139 Å². The fourth-order valence-electron chi connectivity index (χ4n) is 2.03. The van der Waals surface area contributed by atoms with E-state index in [9.17, 15) is 14.0 Å². The summed E-state index contributed by atoms with van der Waals surface area (Å²) in [5.41, 5.74) is 0.915. The lowest BCUT2D eigenvalue weighted by Gasteiger charge is -2.14. The van der Waals surface area contributed by atoms with Gasteiger partial charge in [-0.2, -0.15) is 0 Å². The molecule has 24 heavy (non-hydrogen) atoms. The molecule has 0 aliphatic heterocycles. The number of hydrogen-bond acceptors (Lipinski definition) is 3. The Morgan fingerprint density at radius 1 is 1.04 bits per heavy atom. The maximum absolute atomic E-state index is 12.7. The highest BCUT2D eigenvalue weighted by molar-refractivity contribution is 6.35. The van der Waals surface area contributed by atoms with Crippen molar-refractivity contribution in [2.45, 2.75) is 13.0 Å². The molecule has 0 radical (unpaired) electrons. The van der Waals surface area contributed by atoms with E-state index in [1.807, 2.05) is 30.3 Å². The van der Waals surface area contributed by atoms with Gasteiger partial charge < -0.3 is 15.4 Å². The average Bonchev–Trinajstić information content (AvgIpc) is 2.60. The van der Waals surface area contributed by atoms with E-state index in [2.05, 4.69) is 10.6 Å². The van der Waals surface area contributed by atoms with E-state index < -0.39 is 11.8 Å². The minimum absolute atomic E-state index is 0.170. The zero-order chi connectivity index (χ0) is 17.4. The largest absolute Gasteiger partial charge is 0.492 e. The molecule has 0 saturated heterocycles. The van der Waals surface area contributed by atoms with E-state index in [4.69, 9.17) is 4.74 Å². The van der Waals surface area contributed by atoms with Gasteiger partial charge in [0.1, 0.15) is 18.2 Å². The first-order valence-electron chi connectivity index (χ1n) is 7.58. The summed E-state index contributed by atoms with van der Waals surface area (Å²) in [6.07, 6.45) is 0. The van der Waals surface area contributed by atoms with Gasteiger partial charge in [-0.15, -0.1) is 0 Å². The van der Waals surface area contributed by atoms with E-state index in [0.29, 0.717) is 5.75 Å². The first-order chi connectivity index (χ1) is 11.6. The van der Waals surface area contributed by atoms with Gasteiger partial charge in [-0.05, 0) is 36.8 Å². The van der Waals surface area contributed by atoms with Crippen LogP contribution in [-0.4, -0.2) is 25.0 Å². The second-order valence-electron chi connectivity index (χ2n) is 5.16. The number of carbonyl (C=O) groups is 2. The van der Waals surface area contributed by atoms with Crippen LogP contribution in [-0.2, 0) is 9.59 Å². The summed E-state index contributed by atoms with van der Waals surface area (Å²) >= 11 is 0. The predicted molar refractivity (Wildman–Crippen MR) is 87.9 cm³/mol. The minimum Gasteiger partial charge on any atom is -0.492 e. The normalized spacial score (nSPS) is 11.4. The van der Waals surface area contributed by atoms with Crippen LogP contribution >= 0.6 is 0 Å². The topological polar surface area (TPSA) is 67.4 Å². The summed E-state index contributed by atoms with van der Waals surface area (Å²) < 4.78 is 18.1. The van der Waals surface area contributed by atoms with E-state index in [0.717, 1.165) is 5.56 Å². The zero-order valence-electron chi connectivity index (χ0n) is 13.3. The quantitative estimate of drug-likeness (QED) is 0.630. The highest BCUT2D eigenvalue weighted by atomic mass is 19.1. The van der Waals surface area contributed by atoms with Crippen molar-refractivity contribution in [1.29, 1.82) is 0 Å². The van der Waals surface area contributed by atoms with Crippen molar-refractivity contribution in [3.05, 3.63) is 66.0 Å². The molecule has 2 rings (SSSR count). The second kappa shape index (κ2) is 8.67. The molecule has 126 valence electrons. The third-order valence-electron chi connectivity index (χ3n) is 3.32. The summed E-state index contributed by atoms with van der Waals surface area (Å²) in [6, 6.07) is 14.6. The minimum atomic E-state index is -0.722. The molecule has 0 spiro atoms. The van der Waals surface area contributed by atoms with Crippen molar-refractivity contribution < 1.29 is 18.7 Å². The monoisotopic (exact) mass is 330 g/mol. The van der Waals surface area contributed by atoms with Gasteiger partial charge in [0.05, 0.1) is 12.6 Å².